The first kappa shape index (κ1) is 15.4. The topological polar surface area (TPSA) is 106 Å². The number of nitrogens with zero attached hydrogens (tertiary/aromatic N) is 2. The van der Waals surface area contributed by atoms with Crippen LogP contribution in [0.5, 0.6) is 11.5 Å². The zero-order chi connectivity index (χ0) is 17.4. The summed E-state index contributed by atoms with van der Waals surface area (Å²) in [7, 11) is 0. The molecule has 2 aromatic carbocycles. The number of aliphatic hydroxyl groups is 1. The van der Waals surface area contributed by atoms with E-state index in [2.05, 4.69) is 10.5 Å². The first-order chi connectivity index (χ1) is 12.2. The van der Waals surface area contributed by atoms with E-state index >= 15 is 0 Å². The van der Waals surface area contributed by atoms with Crippen molar-refractivity contribution in [3.63, 3.8) is 0 Å². The summed E-state index contributed by atoms with van der Waals surface area (Å²) < 4.78 is 10.9. The fourth-order valence-electron chi connectivity index (χ4n) is 2.97. The number of ether oxygens (including phenoxy) is 2. The minimum absolute atomic E-state index is 0.0186. The number of benzene rings is 2. The molecule has 0 spiro atoms. The third-order valence-electron chi connectivity index (χ3n) is 4.25. The molecular formula is C17H15N3O5. The lowest BCUT2D eigenvalue weighted by atomic mass is 9.94. The van der Waals surface area contributed by atoms with Gasteiger partial charge in [-0.25, -0.2) is 0 Å². The molecule has 0 radical (unpaired) electrons. The van der Waals surface area contributed by atoms with Gasteiger partial charge in [0, 0.05) is 23.3 Å². The summed E-state index contributed by atoms with van der Waals surface area (Å²) in [5.41, 5.74) is 6.16. The van der Waals surface area contributed by atoms with Gasteiger partial charge in [0.2, 0.25) is 6.79 Å². The van der Waals surface area contributed by atoms with Crippen LogP contribution in [0.1, 0.15) is 16.7 Å². The van der Waals surface area contributed by atoms with Gasteiger partial charge in [0.05, 0.1) is 23.3 Å². The van der Waals surface area contributed by atoms with Crippen molar-refractivity contribution in [1.29, 1.82) is 0 Å². The van der Waals surface area contributed by atoms with E-state index in [1.54, 1.807) is 12.1 Å². The largest absolute Gasteiger partial charge is 0.454 e. The highest BCUT2D eigenvalue weighted by Gasteiger charge is 2.25. The molecule has 0 amide bonds. The molecular weight excluding hydrogens is 326 g/mol. The van der Waals surface area contributed by atoms with Crippen LogP contribution in [-0.2, 0) is 6.42 Å². The van der Waals surface area contributed by atoms with E-state index in [0.29, 0.717) is 23.6 Å². The van der Waals surface area contributed by atoms with Crippen LogP contribution < -0.4 is 14.9 Å². The van der Waals surface area contributed by atoms with Crippen LogP contribution in [0.15, 0.2) is 41.5 Å². The average Bonchev–Trinajstić information content (AvgIpc) is 3.00. The van der Waals surface area contributed by atoms with Crippen LogP contribution in [-0.4, -0.2) is 35.2 Å². The van der Waals surface area contributed by atoms with E-state index in [-0.39, 0.29) is 25.1 Å². The second kappa shape index (κ2) is 6.06. The van der Waals surface area contributed by atoms with Crippen molar-refractivity contribution in [3.8, 4) is 11.5 Å². The number of fused-ring (bicyclic) bond motifs is 2. The maximum Gasteiger partial charge on any atom is 0.269 e. The number of rotatable bonds is 3. The Morgan fingerprint density at radius 1 is 1.24 bits per heavy atom. The van der Waals surface area contributed by atoms with Crippen LogP contribution in [0.2, 0.25) is 0 Å². The maximum absolute atomic E-state index is 10.9. The van der Waals surface area contributed by atoms with Crippen molar-refractivity contribution in [1.82, 2.24) is 5.43 Å². The summed E-state index contributed by atoms with van der Waals surface area (Å²) in [6.07, 6.45) is 0.572. The average molecular weight is 341 g/mol. The third kappa shape index (κ3) is 2.76. The zero-order valence-corrected chi connectivity index (χ0v) is 13.1. The Balaban J connectivity index is 1.81. The lowest BCUT2D eigenvalue weighted by molar-refractivity contribution is -0.384. The molecule has 0 bridgehead atoms. The third-order valence-corrected chi connectivity index (χ3v) is 4.25. The Labute approximate surface area is 142 Å². The zero-order valence-electron chi connectivity index (χ0n) is 13.1. The van der Waals surface area contributed by atoms with E-state index in [9.17, 15) is 15.2 Å². The van der Waals surface area contributed by atoms with Crippen molar-refractivity contribution >= 4 is 11.4 Å². The number of hydrogen-bond donors (Lipinski definition) is 2. The summed E-state index contributed by atoms with van der Waals surface area (Å²) in [6, 6.07) is 9.74. The Kier molecular flexibility index (Phi) is 3.73. The molecule has 1 unspecified atom stereocenters. The van der Waals surface area contributed by atoms with E-state index in [1.807, 2.05) is 12.1 Å². The summed E-state index contributed by atoms with van der Waals surface area (Å²) in [5, 5.41) is 24.8. The monoisotopic (exact) mass is 341 g/mol. The molecule has 0 saturated carbocycles. The molecule has 2 heterocycles. The minimum Gasteiger partial charge on any atom is -0.454 e. The molecule has 0 aromatic heterocycles. The van der Waals surface area contributed by atoms with E-state index < -0.39 is 4.92 Å². The van der Waals surface area contributed by atoms with Crippen LogP contribution in [0.3, 0.4) is 0 Å². The molecule has 2 aliphatic heterocycles. The predicted octanol–water partition coefficient (Wildman–Crippen LogP) is 1.58. The molecule has 2 aliphatic rings. The van der Waals surface area contributed by atoms with Gasteiger partial charge >= 0.3 is 0 Å². The van der Waals surface area contributed by atoms with Gasteiger partial charge in [-0.05, 0) is 36.2 Å². The Morgan fingerprint density at radius 2 is 1.96 bits per heavy atom. The highest BCUT2D eigenvalue weighted by Crippen LogP contribution is 2.36. The maximum atomic E-state index is 10.9. The van der Waals surface area contributed by atoms with Gasteiger partial charge in [0.25, 0.3) is 5.69 Å². The summed E-state index contributed by atoms with van der Waals surface area (Å²) in [5.74, 6) is 1.30. The van der Waals surface area contributed by atoms with Gasteiger partial charge in [-0.3, -0.25) is 10.1 Å². The van der Waals surface area contributed by atoms with Crippen LogP contribution >= 0.6 is 0 Å². The van der Waals surface area contributed by atoms with Crippen molar-refractivity contribution < 1.29 is 19.5 Å². The van der Waals surface area contributed by atoms with Crippen molar-refractivity contribution in [3.05, 3.63) is 63.2 Å². The SMILES string of the molecule is O=[N+]([O-])c1ccc(C2=NNC(CO)Cc3cc4c(cc32)OCO4)cc1. The van der Waals surface area contributed by atoms with Crippen LogP contribution in [0.4, 0.5) is 5.69 Å². The molecule has 25 heavy (non-hydrogen) atoms. The highest BCUT2D eigenvalue weighted by atomic mass is 16.7. The molecule has 8 heteroatoms. The van der Waals surface area contributed by atoms with Gasteiger partial charge in [0.15, 0.2) is 11.5 Å². The molecule has 8 nitrogen and oxygen atoms in total. The van der Waals surface area contributed by atoms with E-state index in [1.165, 1.54) is 12.1 Å². The fraction of sp³-hybridized carbons (Fsp3) is 0.235. The number of hydrogen-bond acceptors (Lipinski definition) is 7. The minimum atomic E-state index is -0.440. The molecule has 4 rings (SSSR count). The lowest BCUT2D eigenvalue weighted by Crippen LogP contribution is -2.29. The Morgan fingerprint density at radius 3 is 2.64 bits per heavy atom. The number of nitrogens with one attached hydrogen (secondary N) is 1. The fourth-order valence-corrected chi connectivity index (χ4v) is 2.97. The summed E-state index contributed by atoms with van der Waals surface area (Å²) >= 11 is 0. The van der Waals surface area contributed by atoms with Crippen molar-refractivity contribution in [2.75, 3.05) is 13.4 Å². The second-order valence-electron chi connectivity index (χ2n) is 5.84. The first-order valence-corrected chi connectivity index (χ1v) is 7.77. The molecule has 128 valence electrons. The lowest BCUT2D eigenvalue weighted by Gasteiger charge is -2.12. The smallest absolute Gasteiger partial charge is 0.269 e. The van der Waals surface area contributed by atoms with Crippen molar-refractivity contribution in [2.24, 2.45) is 5.10 Å². The number of aliphatic hydroxyl groups excluding tert-OH is 1. The predicted molar refractivity (Wildman–Crippen MR) is 89.0 cm³/mol. The quantitative estimate of drug-likeness (QED) is 0.648. The molecule has 0 fully saturated rings. The second-order valence-corrected chi connectivity index (χ2v) is 5.84. The van der Waals surface area contributed by atoms with Crippen LogP contribution in [0.25, 0.3) is 0 Å². The Bertz CT molecular complexity index is 863. The first-order valence-electron chi connectivity index (χ1n) is 7.77. The standard InChI is InChI=1S/C17H15N3O5/c21-8-12-5-11-6-15-16(25-9-24-15)7-14(11)17(19-18-12)10-1-3-13(4-2-10)20(22)23/h1-4,6-7,12,18,21H,5,8-9H2. The molecule has 2 aromatic rings. The number of nitro groups is 1. The number of hydrazone groups is 1. The highest BCUT2D eigenvalue weighted by molar-refractivity contribution is 6.14. The van der Waals surface area contributed by atoms with E-state index in [4.69, 9.17) is 9.47 Å². The van der Waals surface area contributed by atoms with Crippen LogP contribution in [0, 0.1) is 10.1 Å². The normalized spacial score (nSPS) is 18.0. The van der Waals surface area contributed by atoms with Gasteiger partial charge in [-0.2, -0.15) is 5.10 Å². The van der Waals surface area contributed by atoms with Gasteiger partial charge in [-0.1, -0.05) is 0 Å². The summed E-state index contributed by atoms with van der Waals surface area (Å²) in [6.45, 7) is 0.106. The van der Waals surface area contributed by atoms with E-state index in [0.717, 1.165) is 16.7 Å². The Hall–Kier alpha value is -3.13. The molecule has 2 N–H and O–H groups in total. The number of non-ortho nitro benzene ring substituents is 1. The summed E-state index contributed by atoms with van der Waals surface area (Å²) in [4.78, 5) is 10.4. The van der Waals surface area contributed by atoms with Gasteiger partial charge < -0.3 is 20.0 Å². The molecule has 0 aliphatic carbocycles. The van der Waals surface area contributed by atoms with Crippen molar-refractivity contribution in [2.45, 2.75) is 12.5 Å². The van der Waals surface area contributed by atoms with Gasteiger partial charge in [-0.15, -0.1) is 0 Å². The number of nitro benzene ring substituents is 1. The van der Waals surface area contributed by atoms with Gasteiger partial charge in [0.1, 0.15) is 0 Å². The molecule has 1 atom stereocenters. The molecule has 0 saturated heterocycles.